The minimum absolute atomic E-state index is 0.0385. The zero-order valence-corrected chi connectivity index (χ0v) is 16.7. The molecular weight excluding hydrogens is 379 g/mol. The molecular formula is C21H24F3N5. The van der Waals surface area contributed by atoms with E-state index in [1.54, 1.807) is 18.5 Å². The molecule has 0 unspecified atom stereocenters. The van der Waals surface area contributed by atoms with Crippen molar-refractivity contribution in [3.05, 3.63) is 59.3 Å². The molecule has 4 rings (SSSR count). The molecule has 5 nitrogen and oxygen atoms in total. The van der Waals surface area contributed by atoms with Crippen LogP contribution in [0.1, 0.15) is 74.3 Å². The molecule has 2 atom stereocenters. The van der Waals surface area contributed by atoms with Crippen molar-refractivity contribution < 1.29 is 13.2 Å². The summed E-state index contributed by atoms with van der Waals surface area (Å²) in [5, 5.41) is 4.37. The molecule has 8 heteroatoms. The summed E-state index contributed by atoms with van der Waals surface area (Å²) in [6.07, 6.45) is 0.861. The van der Waals surface area contributed by atoms with Gasteiger partial charge in [-0.2, -0.15) is 18.3 Å². The van der Waals surface area contributed by atoms with Crippen LogP contribution in [-0.2, 0) is 6.18 Å². The Hall–Kier alpha value is -2.48. The van der Waals surface area contributed by atoms with Crippen molar-refractivity contribution in [1.82, 2.24) is 24.5 Å². The second kappa shape index (κ2) is 7.40. The quantitative estimate of drug-likeness (QED) is 0.603. The van der Waals surface area contributed by atoms with Gasteiger partial charge in [-0.15, -0.1) is 0 Å². The molecule has 1 aliphatic rings. The molecule has 0 aliphatic carbocycles. The van der Waals surface area contributed by atoms with Gasteiger partial charge in [0.2, 0.25) is 0 Å². The Morgan fingerprint density at radius 2 is 1.83 bits per heavy atom. The van der Waals surface area contributed by atoms with E-state index in [0.717, 1.165) is 35.5 Å². The van der Waals surface area contributed by atoms with Gasteiger partial charge < -0.3 is 0 Å². The Bertz CT molecular complexity index is 997. The fourth-order valence-electron chi connectivity index (χ4n) is 4.08. The summed E-state index contributed by atoms with van der Waals surface area (Å²) in [5.41, 5.74) is 1.67. The van der Waals surface area contributed by atoms with Gasteiger partial charge in [0.1, 0.15) is 5.69 Å². The van der Waals surface area contributed by atoms with Crippen LogP contribution in [-0.4, -0.2) is 31.0 Å². The van der Waals surface area contributed by atoms with E-state index in [-0.39, 0.29) is 23.6 Å². The molecule has 0 spiro atoms. The second-order valence-corrected chi connectivity index (χ2v) is 7.91. The van der Waals surface area contributed by atoms with Crippen LogP contribution in [0.15, 0.2) is 36.7 Å². The van der Waals surface area contributed by atoms with E-state index in [1.807, 2.05) is 26.0 Å². The topological polar surface area (TPSA) is 46.3 Å². The summed E-state index contributed by atoms with van der Waals surface area (Å²) in [7, 11) is 0. The van der Waals surface area contributed by atoms with Crippen LogP contribution in [0.4, 0.5) is 13.2 Å². The molecule has 1 saturated heterocycles. The first-order chi connectivity index (χ1) is 13.8. The average Bonchev–Trinajstić information content (AvgIpc) is 3.32. The van der Waals surface area contributed by atoms with E-state index in [9.17, 15) is 13.2 Å². The lowest BCUT2D eigenvalue weighted by atomic mass is 10.1. The van der Waals surface area contributed by atoms with Crippen LogP contribution >= 0.6 is 0 Å². The first kappa shape index (κ1) is 19.8. The fourth-order valence-corrected chi connectivity index (χ4v) is 4.08. The van der Waals surface area contributed by atoms with Crippen molar-refractivity contribution in [2.24, 2.45) is 0 Å². The summed E-state index contributed by atoms with van der Waals surface area (Å²) in [5.74, 6) is -0.103. The van der Waals surface area contributed by atoms with E-state index in [1.165, 1.54) is 0 Å². The fraction of sp³-hybridized carbons (Fsp3) is 0.476. The Balaban J connectivity index is 1.75. The molecule has 1 aliphatic heterocycles. The Kier molecular flexibility index (Phi) is 5.06. The Labute approximate surface area is 167 Å². The summed E-state index contributed by atoms with van der Waals surface area (Å²) in [6, 6.07) is 6.85. The molecule has 29 heavy (non-hydrogen) atoms. The number of nitrogens with zero attached hydrogens (tertiary/aromatic N) is 5. The maximum Gasteiger partial charge on any atom is 0.433 e. The van der Waals surface area contributed by atoms with Crippen LogP contribution in [0.3, 0.4) is 0 Å². The number of likely N-dealkylation sites (tertiary alicyclic amines) is 1. The lowest BCUT2D eigenvalue weighted by Gasteiger charge is -2.30. The smallest absolute Gasteiger partial charge is 0.288 e. The lowest BCUT2D eigenvalue weighted by molar-refractivity contribution is -0.142. The van der Waals surface area contributed by atoms with Crippen molar-refractivity contribution >= 4 is 5.65 Å². The molecule has 0 N–H and O–H groups in total. The summed E-state index contributed by atoms with van der Waals surface area (Å²) >= 11 is 0. The van der Waals surface area contributed by atoms with E-state index < -0.39 is 11.9 Å². The highest BCUT2D eigenvalue weighted by molar-refractivity contribution is 5.44. The number of halogens is 3. The van der Waals surface area contributed by atoms with Crippen LogP contribution in [0.25, 0.3) is 5.65 Å². The standard InChI is InChI=1S/C21H24F3N5/c1-13(2)16-11-19(21(22,23)24)29-20(26-16)12-17(27-29)18-5-4-10-28(18)14(3)15-6-8-25-9-7-15/h6-9,11-14,18H,4-5,10H2,1-3H3/t14-,18+/m1/s1. The highest BCUT2D eigenvalue weighted by Gasteiger charge is 2.37. The number of pyridine rings is 1. The van der Waals surface area contributed by atoms with Gasteiger partial charge in [0.15, 0.2) is 5.65 Å². The highest BCUT2D eigenvalue weighted by Crippen LogP contribution is 2.39. The molecule has 0 saturated carbocycles. The summed E-state index contributed by atoms with van der Waals surface area (Å²) in [4.78, 5) is 10.8. The van der Waals surface area contributed by atoms with Gasteiger partial charge in [-0.25, -0.2) is 9.50 Å². The maximum atomic E-state index is 13.7. The molecule has 154 valence electrons. The predicted molar refractivity (Wildman–Crippen MR) is 103 cm³/mol. The van der Waals surface area contributed by atoms with E-state index in [2.05, 4.69) is 26.9 Å². The largest absolute Gasteiger partial charge is 0.433 e. The van der Waals surface area contributed by atoms with Gasteiger partial charge in [0, 0.05) is 30.2 Å². The molecule has 4 heterocycles. The van der Waals surface area contributed by atoms with Gasteiger partial charge >= 0.3 is 6.18 Å². The van der Waals surface area contributed by atoms with E-state index in [4.69, 9.17) is 0 Å². The van der Waals surface area contributed by atoms with Gasteiger partial charge in [-0.05, 0) is 56.0 Å². The lowest BCUT2D eigenvalue weighted by Crippen LogP contribution is -2.27. The minimum atomic E-state index is -4.49. The molecule has 0 bridgehead atoms. The predicted octanol–water partition coefficient (Wildman–Crippen LogP) is 5.16. The number of fused-ring (bicyclic) bond motifs is 1. The van der Waals surface area contributed by atoms with E-state index in [0.29, 0.717) is 11.4 Å². The third-order valence-corrected chi connectivity index (χ3v) is 5.67. The summed E-state index contributed by atoms with van der Waals surface area (Å²) < 4.78 is 42.0. The molecule has 3 aromatic rings. The Morgan fingerprint density at radius 3 is 2.48 bits per heavy atom. The van der Waals surface area contributed by atoms with Crippen molar-refractivity contribution in [1.29, 1.82) is 0 Å². The number of hydrogen-bond donors (Lipinski definition) is 0. The SMILES string of the molecule is CC(C)c1cc(C(F)(F)F)n2nc([C@@H]3CCCN3[C@H](C)c3ccncc3)cc2n1. The third kappa shape index (κ3) is 3.73. The van der Waals surface area contributed by atoms with Gasteiger partial charge in [-0.1, -0.05) is 13.8 Å². The first-order valence-electron chi connectivity index (χ1n) is 9.89. The molecule has 1 fully saturated rings. The van der Waals surface area contributed by atoms with Crippen LogP contribution in [0.2, 0.25) is 0 Å². The number of rotatable bonds is 4. The van der Waals surface area contributed by atoms with Crippen LogP contribution in [0, 0.1) is 0 Å². The molecule has 0 amide bonds. The van der Waals surface area contributed by atoms with Gasteiger partial charge in [0.05, 0.1) is 11.7 Å². The van der Waals surface area contributed by atoms with Gasteiger partial charge in [-0.3, -0.25) is 9.88 Å². The highest BCUT2D eigenvalue weighted by atomic mass is 19.4. The third-order valence-electron chi connectivity index (χ3n) is 5.67. The van der Waals surface area contributed by atoms with Crippen molar-refractivity contribution in [3.8, 4) is 0 Å². The van der Waals surface area contributed by atoms with E-state index >= 15 is 0 Å². The Morgan fingerprint density at radius 1 is 1.10 bits per heavy atom. The average molecular weight is 403 g/mol. The normalized spacial score (nSPS) is 19.3. The molecule has 3 aromatic heterocycles. The zero-order valence-electron chi connectivity index (χ0n) is 16.7. The van der Waals surface area contributed by atoms with Crippen LogP contribution < -0.4 is 0 Å². The second-order valence-electron chi connectivity index (χ2n) is 7.91. The first-order valence-corrected chi connectivity index (χ1v) is 9.89. The maximum absolute atomic E-state index is 13.7. The number of aromatic nitrogens is 4. The van der Waals surface area contributed by atoms with Crippen LogP contribution in [0.5, 0.6) is 0 Å². The summed E-state index contributed by atoms with van der Waals surface area (Å²) in [6.45, 7) is 6.66. The molecule has 0 aromatic carbocycles. The number of alkyl halides is 3. The molecule has 0 radical (unpaired) electrons. The zero-order chi connectivity index (χ0) is 20.8. The van der Waals surface area contributed by atoms with Crippen molar-refractivity contribution in [2.45, 2.75) is 57.8 Å². The minimum Gasteiger partial charge on any atom is -0.288 e. The number of hydrogen-bond acceptors (Lipinski definition) is 4. The van der Waals surface area contributed by atoms with Gasteiger partial charge in [0.25, 0.3) is 0 Å². The van der Waals surface area contributed by atoms with Crippen molar-refractivity contribution in [2.75, 3.05) is 6.54 Å². The monoisotopic (exact) mass is 403 g/mol. The van der Waals surface area contributed by atoms with Crippen molar-refractivity contribution in [3.63, 3.8) is 0 Å².